The Bertz CT molecular complexity index is 656. The van der Waals surface area contributed by atoms with Gasteiger partial charge in [0.15, 0.2) is 0 Å². The van der Waals surface area contributed by atoms with Crippen molar-refractivity contribution in [3.63, 3.8) is 0 Å². The largest absolute Gasteiger partial charge is 0.487 e. The van der Waals surface area contributed by atoms with Crippen molar-refractivity contribution in [2.45, 2.75) is 13.5 Å². The van der Waals surface area contributed by atoms with E-state index >= 15 is 0 Å². The molecule has 0 atom stereocenters. The zero-order valence-electron chi connectivity index (χ0n) is 11.0. The van der Waals surface area contributed by atoms with Crippen molar-refractivity contribution in [2.24, 2.45) is 5.73 Å². The Morgan fingerprint density at radius 2 is 2.00 bits per heavy atom. The van der Waals surface area contributed by atoms with Crippen LogP contribution in [0.5, 0.6) is 5.75 Å². The Morgan fingerprint density at radius 1 is 1.25 bits per heavy atom. The maximum atomic E-state index is 11.0. The molecule has 20 heavy (non-hydrogen) atoms. The molecule has 4 nitrogen and oxygen atoms in total. The van der Waals surface area contributed by atoms with Crippen LogP contribution >= 0.6 is 11.6 Å². The van der Waals surface area contributed by atoms with Crippen molar-refractivity contribution in [1.82, 2.24) is 0 Å². The summed E-state index contributed by atoms with van der Waals surface area (Å²) < 4.78 is 5.66. The Balaban J connectivity index is 2.15. The number of ether oxygens (including phenoxy) is 1. The summed E-state index contributed by atoms with van der Waals surface area (Å²) in [5.74, 6) is 0.0994. The first kappa shape index (κ1) is 14.2. The first-order chi connectivity index (χ1) is 9.47. The average molecular weight is 291 g/mol. The summed E-state index contributed by atoms with van der Waals surface area (Å²) in [6.45, 7) is 2.23. The highest BCUT2D eigenvalue weighted by molar-refractivity contribution is 6.31. The highest BCUT2D eigenvalue weighted by Crippen LogP contribution is 2.25. The van der Waals surface area contributed by atoms with Gasteiger partial charge >= 0.3 is 0 Å². The molecule has 0 radical (unpaired) electrons. The number of halogens is 1. The van der Waals surface area contributed by atoms with E-state index in [1.165, 1.54) is 6.07 Å². The fourth-order valence-corrected chi connectivity index (χ4v) is 1.97. The molecule has 0 heterocycles. The van der Waals surface area contributed by atoms with Crippen molar-refractivity contribution in [3.05, 3.63) is 58.1 Å². The van der Waals surface area contributed by atoms with E-state index in [9.17, 15) is 4.79 Å². The van der Waals surface area contributed by atoms with Gasteiger partial charge in [-0.05, 0) is 36.8 Å². The van der Waals surface area contributed by atoms with Crippen molar-refractivity contribution < 1.29 is 9.53 Å². The minimum Gasteiger partial charge on any atom is -0.487 e. The van der Waals surface area contributed by atoms with Crippen LogP contribution in [0.3, 0.4) is 0 Å². The number of amides is 1. The van der Waals surface area contributed by atoms with Crippen molar-refractivity contribution in [1.29, 1.82) is 0 Å². The number of anilines is 1. The van der Waals surface area contributed by atoms with Gasteiger partial charge in [0.2, 0.25) is 5.91 Å². The van der Waals surface area contributed by atoms with E-state index in [0.717, 1.165) is 11.1 Å². The van der Waals surface area contributed by atoms with Gasteiger partial charge in [0.05, 0.1) is 5.69 Å². The monoisotopic (exact) mass is 290 g/mol. The number of carbonyl (C=O) groups excluding carboxylic acids is 1. The van der Waals surface area contributed by atoms with Crippen LogP contribution in [0.15, 0.2) is 36.4 Å². The summed E-state index contributed by atoms with van der Waals surface area (Å²) >= 11 is 6.09. The van der Waals surface area contributed by atoms with E-state index in [2.05, 4.69) is 0 Å². The minimum atomic E-state index is -0.512. The van der Waals surface area contributed by atoms with E-state index in [-0.39, 0.29) is 6.61 Å². The summed E-state index contributed by atoms with van der Waals surface area (Å²) in [6, 6.07) is 10.4. The van der Waals surface area contributed by atoms with Crippen molar-refractivity contribution >= 4 is 23.2 Å². The molecule has 0 aromatic heterocycles. The van der Waals surface area contributed by atoms with Crippen LogP contribution in [0.2, 0.25) is 5.02 Å². The second-order valence-corrected chi connectivity index (χ2v) is 4.91. The summed E-state index contributed by atoms with van der Waals surface area (Å²) in [4.78, 5) is 11.0. The standard InChI is InChI=1S/C15H15ClN2O2/c1-9-2-5-13(17)14(6-9)20-8-11-4-3-10(15(18)19)7-12(11)16/h2-7H,8,17H2,1H3,(H2,18,19). The van der Waals surface area contributed by atoms with Crippen LogP contribution < -0.4 is 16.2 Å². The lowest BCUT2D eigenvalue weighted by molar-refractivity contribution is 0.1000. The summed E-state index contributed by atoms with van der Waals surface area (Å²) in [6.07, 6.45) is 0. The lowest BCUT2D eigenvalue weighted by atomic mass is 10.1. The van der Waals surface area contributed by atoms with Crippen molar-refractivity contribution in [2.75, 3.05) is 5.73 Å². The van der Waals surface area contributed by atoms with Crippen LogP contribution in [-0.4, -0.2) is 5.91 Å². The summed E-state index contributed by atoms with van der Waals surface area (Å²) in [7, 11) is 0. The van der Waals surface area contributed by atoms with Gasteiger partial charge in [-0.15, -0.1) is 0 Å². The molecule has 0 fully saturated rings. The Labute approximate surface area is 122 Å². The second-order valence-electron chi connectivity index (χ2n) is 4.50. The molecule has 0 spiro atoms. The van der Waals surface area contributed by atoms with Crippen molar-refractivity contribution in [3.8, 4) is 5.75 Å². The molecule has 104 valence electrons. The van der Waals surface area contributed by atoms with Gasteiger partial charge in [-0.25, -0.2) is 0 Å². The van der Waals surface area contributed by atoms with E-state index in [4.69, 9.17) is 27.8 Å². The van der Waals surface area contributed by atoms with Crippen LogP contribution in [0.25, 0.3) is 0 Å². The number of nitrogens with two attached hydrogens (primary N) is 2. The molecule has 2 aromatic rings. The predicted molar refractivity (Wildman–Crippen MR) is 79.9 cm³/mol. The fraction of sp³-hybridized carbons (Fsp3) is 0.133. The molecule has 5 heteroatoms. The quantitative estimate of drug-likeness (QED) is 0.850. The van der Waals surface area contributed by atoms with E-state index in [1.54, 1.807) is 18.2 Å². The third kappa shape index (κ3) is 3.22. The molecular formula is C15H15ClN2O2. The van der Waals surface area contributed by atoms with Crippen LogP contribution in [0.4, 0.5) is 5.69 Å². The third-order valence-electron chi connectivity index (χ3n) is 2.89. The van der Waals surface area contributed by atoms with Gasteiger partial charge in [-0.2, -0.15) is 0 Å². The molecule has 0 saturated heterocycles. The smallest absolute Gasteiger partial charge is 0.248 e. The molecule has 4 N–H and O–H groups in total. The molecule has 2 rings (SSSR count). The first-order valence-electron chi connectivity index (χ1n) is 6.04. The summed E-state index contributed by atoms with van der Waals surface area (Å²) in [5, 5.41) is 0.438. The molecule has 0 unspecified atom stereocenters. The normalized spacial score (nSPS) is 10.3. The van der Waals surface area contributed by atoms with Crippen LogP contribution in [0.1, 0.15) is 21.5 Å². The maximum absolute atomic E-state index is 11.0. The Morgan fingerprint density at radius 3 is 2.65 bits per heavy atom. The van der Waals surface area contributed by atoms with E-state index < -0.39 is 5.91 Å². The Kier molecular flexibility index (Phi) is 4.15. The highest BCUT2D eigenvalue weighted by Gasteiger charge is 2.07. The third-order valence-corrected chi connectivity index (χ3v) is 3.24. The average Bonchev–Trinajstić information content (AvgIpc) is 2.40. The number of benzene rings is 2. The van der Waals surface area contributed by atoms with Crippen LogP contribution in [0, 0.1) is 6.92 Å². The fourth-order valence-electron chi connectivity index (χ4n) is 1.74. The van der Waals surface area contributed by atoms with Gasteiger partial charge in [0.1, 0.15) is 12.4 Å². The lowest BCUT2D eigenvalue weighted by Gasteiger charge is -2.11. The topological polar surface area (TPSA) is 78.3 Å². The number of nitrogen functional groups attached to an aromatic ring is 1. The summed E-state index contributed by atoms with van der Waals surface area (Å²) in [5.41, 5.74) is 13.8. The number of hydrogen-bond donors (Lipinski definition) is 2. The first-order valence-corrected chi connectivity index (χ1v) is 6.42. The highest BCUT2D eigenvalue weighted by atomic mass is 35.5. The zero-order chi connectivity index (χ0) is 14.7. The molecule has 0 aliphatic rings. The van der Waals surface area contributed by atoms with Gasteiger partial charge in [-0.1, -0.05) is 23.7 Å². The molecule has 0 aliphatic carbocycles. The Hall–Kier alpha value is -2.20. The van der Waals surface area contributed by atoms with Gasteiger partial charge in [0.25, 0.3) is 0 Å². The van der Waals surface area contributed by atoms with E-state index in [0.29, 0.717) is 22.0 Å². The molecule has 0 bridgehead atoms. The number of hydrogen-bond acceptors (Lipinski definition) is 3. The lowest BCUT2D eigenvalue weighted by Crippen LogP contribution is -2.11. The SMILES string of the molecule is Cc1ccc(N)c(OCc2ccc(C(N)=O)cc2Cl)c1. The molecule has 1 amide bonds. The molecule has 0 saturated carbocycles. The molecule has 2 aromatic carbocycles. The number of carbonyl (C=O) groups is 1. The van der Waals surface area contributed by atoms with E-state index in [1.807, 2.05) is 19.1 Å². The van der Waals surface area contributed by atoms with Crippen LogP contribution in [-0.2, 0) is 6.61 Å². The number of primary amides is 1. The minimum absolute atomic E-state index is 0.269. The van der Waals surface area contributed by atoms with Gasteiger partial charge < -0.3 is 16.2 Å². The van der Waals surface area contributed by atoms with Gasteiger partial charge in [0, 0.05) is 16.1 Å². The molecular weight excluding hydrogens is 276 g/mol. The number of aryl methyl sites for hydroxylation is 1. The van der Waals surface area contributed by atoms with Gasteiger partial charge in [-0.3, -0.25) is 4.79 Å². The zero-order valence-corrected chi connectivity index (χ0v) is 11.8. The maximum Gasteiger partial charge on any atom is 0.248 e. The number of rotatable bonds is 4. The molecule has 0 aliphatic heterocycles. The second kappa shape index (κ2) is 5.84. The predicted octanol–water partition coefficient (Wildman–Crippen LogP) is 2.91.